The van der Waals surface area contributed by atoms with Gasteiger partial charge in [-0.3, -0.25) is 0 Å². The summed E-state index contributed by atoms with van der Waals surface area (Å²) in [7, 11) is 5.88. The molecule has 0 fully saturated rings. The zero-order chi connectivity index (χ0) is 21.8. The van der Waals surface area contributed by atoms with Crippen molar-refractivity contribution in [2.75, 3.05) is 31.0 Å². The van der Waals surface area contributed by atoms with E-state index in [1.165, 1.54) is 22.5 Å². The van der Waals surface area contributed by atoms with Crippen molar-refractivity contribution in [3.8, 4) is 5.75 Å². The van der Waals surface area contributed by atoms with Gasteiger partial charge in [0.15, 0.2) is 0 Å². The molecule has 1 heterocycles. The minimum atomic E-state index is 0.805. The van der Waals surface area contributed by atoms with E-state index in [2.05, 4.69) is 85.4 Å². The highest BCUT2D eigenvalue weighted by Gasteiger charge is 2.25. The van der Waals surface area contributed by atoms with Crippen LogP contribution >= 0.6 is 11.8 Å². The highest BCUT2D eigenvalue weighted by Crippen LogP contribution is 2.39. The van der Waals surface area contributed by atoms with Crippen molar-refractivity contribution in [1.82, 2.24) is 0 Å². The van der Waals surface area contributed by atoms with Gasteiger partial charge in [-0.15, -0.1) is 11.8 Å². The Morgan fingerprint density at radius 2 is 1.61 bits per heavy atom. The number of nitrogens with zero attached hydrogens (tertiary/aromatic N) is 3. The SMILES string of the molecule is COc1cccc(N=C(C=C2N(C)c3ccccc3N2C)SCc2ccc(C)cc2)c1. The van der Waals surface area contributed by atoms with Gasteiger partial charge >= 0.3 is 0 Å². The topological polar surface area (TPSA) is 28.1 Å². The summed E-state index contributed by atoms with van der Waals surface area (Å²) in [4.78, 5) is 9.39. The van der Waals surface area contributed by atoms with Crippen LogP contribution in [0.5, 0.6) is 5.75 Å². The van der Waals surface area contributed by atoms with Crippen LogP contribution in [-0.4, -0.2) is 26.2 Å². The lowest BCUT2D eigenvalue weighted by molar-refractivity contribution is 0.415. The second kappa shape index (κ2) is 9.31. The molecule has 0 atom stereocenters. The number of ether oxygens (including phenoxy) is 1. The Morgan fingerprint density at radius 1 is 0.935 bits per heavy atom. The third-order valence-corrected chi connectivity index (χ3v) is 6.33. The number of hydrogen-bond donors (Lipinski definition) is 0. The molecule has 31 heavy (non-hydrogen) atoms. The molecule has 3 aromatic rings. The van der Waals surface area contributed by atoms with Gasteiger partial charge in [0.1, 0.15) is 16.6 Å². The molecule has 4 rings (SSSR count). The van der Waals surface area contributed by atoms with Gasteiger partial charge in [-0.1, -0.05) is 48.0 Å². The van der Waals surface area contributed by atoms with E-state index in [1.807, 2.05) is 24.3 Å². The van der Waals surface area contributed by atoms with Crippen molar-refractivity contribution in [1.29, 1.82) is 0 Å². The van der Waals surface area contributed by atoms with Crippen molar-refractivity contribution >= 4 is 33.9 Å². The Labute approximate surface area is 188 Å². The minimum Gasteiger partial charge on any atom is -0.497 e. The summed E-state index contributed by atoms with van der Waals surface area (Å²) < 4.78 is 5.38. The number of thioether (sulfide) groups is 1. The monoisotopic (exact) mass is 429 g/mol. The Balaban J connectivity index is 1.67. The fraction of sp³-hybridized carbons (Fsp3) is 0.192. The van der Waals surface area contributed by atoms with Crippen LogP contribution in [0.25, 0.3) is 0 Å². The molecule has 0 saturated heterocycles. The number of para-hydroxylation sites is 2. The van der Waals surface area contributed by atoms with E-state index in [-0.39, 0.29) is 0 Å². The maximum Gasteiger partial charge on any atom is 0.121 e. The van der Waals surface area contributed by atoms with Crippen LogP contribution in [0.2, 0.25) is 0 Å². The summed E-state index contributed by atoms with van der Waals surface area (Å²) in [5.41, 5.74) is 5.82. The standard InChI is InChI=1S/C26H27N3OS/c1-19-12-14-20(15-13-19)18-31-25(27-21-8-7-9-22(16-21)30-4)17-26-28(2)23-10-5-6-11-24(23)29(26)3/h5-17H,18H2,1-4H3. The van der Waals surface area contributed by atoms with Gasteiger partial charge in [0.05, 0.1) is 24.2 Å². The minimum absolute atomic E-state index is 0.805. The maximum absolute atomic E-state index is 5.38. The van der Waals surface area contributed by atoms with E-state index in [4.69, 9.17) is 9.73 Å². The number of rotatable bonds is 5. The lowest BCUT2D eigenvalue weighted by Gasteiger charge is -2.19. The number of aliphatic imine (C=N–C) groups is 1. The summed E-state index contributed by atoms with van der Waals surface area (Å²) in [5.74, 6) is 2.76. The van der Waals surface area contributed by atoms with Gasteiger partial charge in [-0.2, -0.15) is 0 Å². The molecular weight excluding hydrogens is 402 g/mol. The van der Waals surface area contributed by atoms with Crippen molar-refractivity contribution in [2.45, 2.75) is 12.7 Å². The molecule has 0 aromatic heterocycles. The van der Waals surface area contributed by atoms with Crippen LogP contribution < -0.4 is 14.5 Å². The molecule has 0 N–H and O–H groups in total. The average Bonchev–Trinajstić information content (AvgIpc) is 3.03. The highest BCUT2D eigenvalue weighted by atomic mass is 32.2. The first-order chi connectivity index (χ1) is 15.0. The number of benzene rings is 3. The Hall–Kier alpha value is -3.18. The quantitative estimate of drug-likeness (QED) is 0.347. The van der Waals surface area contributed by atoms with E-state index in [0.29, 0.717) is 0 Å². The molecule has 0 amide bonds. The third-order valence-electron chi connectivity index (χ3n) is 5.34. The lowest BCUT2D eigenvalue weighted by atomic mass is 10.2. The molecule has 4 nitrogen and oxygen atoms in total. The lowest BCUT2D eigenvalue weighted by Crippen LogP contribution is -2.22. The first kappa shape index (κ1) is 21.1. The highest BCUT2D eigenvalue weighted by molar-refractivity contribution is 8.13. The smallest absolute Gasteiger partial charge is 0.121 e. The summed E-state index contributed by atoms with van der Waals surface area (Å²) >= 11 is 1.74. The number of fused-ring (bicyclic) bond motifs is 1. The molecule has 0 radical (unpaired) electrons. The molecule has 1 aliphatic heterocycles. The normalized spacial score (nSPS) is 13.4. The predicted molar refractivity (Wildman–Crippen MR) is 134 cm³/mol. The van der Waals surface area contributed by atoms with Crippen LogP contribution in [0.1, 0.15) is 11.1 Å². The number of anilines is 2. The molecule has 5 heteroatoms. The molecule has 0 bridgehead atoms. The summed E-state index contributed by atoms with van der Waals surface area (Å²) in [6.07, 6.45) is 2.17. The molecule has 158 valence electrons. The molecule has 0 aliphatic carbocycles. The van der Waals surface area contributed by atoms with Crippen LogP contribution in [0.15, 0.2) is 89.7 Å². The second-order valence-corrected chi connectivity index (χ2v) is 8.53. The number of methoxy groups -OCH3 is 1. The summed E-state index contributed by atoms with van der Waals surface area (Å²) in [6.45, 7) is 2.11. The molecule has 1 aliphatic rings. The molecule has 0 spiro atoms. The van der Waals surface area contributed by atoms with Crippen molar-refractivity contribution in [3.63, 3.8) is 0 Å². The first-order valence-electron chi connectivity index (χ1n) is 10.2. The van der Waals surface area contributed by atoms with E-state index in [9.17, 15) is 0 Å². The van der Waals surface area contributed by atoms with Crippen LogP contribution in [0.3, 0.4) is 0 Å². The first-order valence-corrected chi connectivity index (χ1v) is 11.2. The van der Waals surface area contributed by atoms with Gasteiger partial charge in [0, 0.05) is 32.0 Å². The Morgan fingerprint density at radius 3 is 2.26 bits per heavy atom. The van der Waals surface area contributed by atoms with Gasteiger partial charge in [-0.05, 0) is 36.8 Å². The van der Waals surface area contributed by atoms with Crippen molar-refractivity contribution < 1.29 is 4.74 Å². The Bertz CT molecular complexity index is 1090. The summed E-state index contributed by atoms with van der Waals surface area (Å²) in [6, 6.07) is 25.0. The van der Waals surface area contributed by atoms with E-state index in [0.717, 1.165) is 28.1 Å². The summed E-state index contributed by atoms with van der Waals surface area (Å²) in [5, 5.41) is 0.954. The zero-order valence-electron chi connectivity index (χ0n) is 18.4. The van der Waals surface area contributed by atoms with Gasteiger partial charge in [-0.25, -0.2) is 4.99 Å². The molecule has 0 unspecified atom stereocenters. The maximum atomic E-state index is 5.38. The number of hydrogen-bond acceptors (Lipinski definition) is 5. The van der Waals surface area contributed by atoms with Crippen LogP contribution in [0, 0.1) is 6.92 Å². The fourth-order valence-electron chi connectivity index (χ4n) is 3.56. The zero-order valence-corrected chi connectivity index (χ0v) is 19.2. The van der Waals surface area contributed by atoms with Crippen molar-refractivity contribution in [2.24, 2.45) is 4.99 Å². The van der Waals surface area contributed by atoms with E-state index >= 15 is 0 Å². The van der Waals surface area contributed by atoms with E-state index in [1.54, 1.807) is 18.9 Å². The molecule has 3 aromatic carbocycles. The van der Waals surface area contributed by atoms with E-state index < -0.39 is 0 Å². The average molecular weight is 430 g/mol. The second-order valence-electron chi connectivity index (χ2n) is 7.54. The predicted octanol–water partition coefficient (Wildman–Crippen LogP) is 6.39. The molecule has 0 saturated carbocycles. The molecular formula is C26H27N3OS. The Kier molecular flexibility index (Phi) is 6.33. The number of aryl methyl sites for hydroxylation is 1. The fourth-order valence-corrected chi connectivity index (χ4v) is 4.43. The van der Waals surface area contributed by atoms with Gasteiger partial charge in [0.2, 0.25) is 0 Å². The third kappa shape index (κ3) is 4.78. The van der Waals surface area contributed by atoms with Crippen LogP contribution in [-0.2, 0) is 5.75 Å². The largest absolute Gasteiger partial charge is 0.497 e. The van der Waals surface area contributed by atoms with Gasteiger partial charge in [0.25, 0.3) is 0 Å². The van der Waals surface area contributed by atoms with Crippen LogP contribution in [0.4, 0.5) is 17.1 Å². The van der Waals surface area contributed by atoms with Crippen molar-refractivity contribution in [3.05, 3.63) is 95.8 Å². The van der Waals surface area contributed by atoms with Gasteiger partial charge < -0.3 is 14.5 Å².